The summed E-state index contributed by atoms with van der Waals surface area (Å²) in [6.45, 7) is 0. The first-order valence-corrected chi connectivity index (χ1v) is 14.1. The Kier molecular flexibility index (Phi) is 5.73. The molecule has 5 aliphatic rings. The molecule has 2 saturated carbocycles. The zero-order valence-corrected chi connectivity index (χ0v) is 20.9. The smallest absolute Gasteiger partial charge is 0.266 e. The molecule has 1 unspecified atom stereocenters. The maximum atomic E-state index is 11.7. The second-order valence-corrected chi connectivity index (χ2v) is 11.9. The van der Waals surface area contributed by atoms with E-state index in [9.17, 15) is 9.90 Å². The highest BCUT2D eigenvalue weighted by Crippen LogP contribution is 2.47. The van der Waals surface area contributed by atoms with Crippen LogP contribution in [0.1, 0.15) is 76.3 Å². The van der Waals surface area contributed by atoms with E-state index in [-0.39, 0.29) is 11.6 Å². The van der Waals surface area contributed by atoms with Crippen molar-refractivity contribution >= 4 is 17.1 Å². The summed E-state index contributed by atoms with van der Waals surface area (Å²) in [7, 11) is 0. The van der Waals surface area contributed by atoms with Gasteiger partial charge in [-0.3, -0.25) is 9.69 Å². The lowest BCUT2D eigenvalue weighted by molar-refractivity contribution is -0.0430. The number of hydrogen-bond acceptors (Lipinski definition) is 6. The number of benzene rings is 1. The monoisotopic (exact) mass is 487 g/mol. The molecule has 36 heavy (non-hydrogen) atoms. The van der Waals surface area contributed by atoms with Crippen LogP contribution in [0, 0.1) is 11.8 Å². The summed E-state index contributed by atoms with van der Waals surface area (Å²) in [5, 5.41) is 11.7. The highest BCUT2D eigenvalue weighted by atomic mass is 16.3. The molecule has 2 aliphatic carbocycles. The lowest BCUT2D eigenvalue weighted by atomic mass is 9.68. The van der Waals surface area contributed by atoms with Crippen molar-refractivity contribution in [2.24, 2.45) is 16.8 Å². The molecule has 2 aromatic rings. The maximum absolute atomic E-state index is 11.7. The number of aromatic amines is 1. The minimum Gasteiger partial charge on any atom is -0.368 e. The van der Waals surface area contributed by atoms with E-state index in [1.54, 1.807) is 6.20 Å². The number of nitrogens with zero attached hydrogens (tertiary/aromatic N) is 4. The van der Waals surface area contributed by atoms with E-state index in [1.807, 2.05) is 18.2 Å². The van der Waals surface area contributed by atoms with E-state index in [2.05, 4.69) is 25.8 Å². The van der Waals surface area contributed by atoms with Crippen LogP contribution in [-0.4, -0.2) is 56.1 Å². The second-order valence-electron chi connectivity index (χ2n) is 11.9. The molecule has 190 valence electrons. The molecule has 0 amide bonds. The Bertz CT molecular complexity index is 1160. The van der Waals surface area contributed by atoms with Gasteiger partial charge < -0.3 is 15.0 Å². The van der Waals surface area contributed by atoms with Gasteiger partial charge in [0.05, 0.1) is 17.6 Å². The Morgan fingerprint density at radius 1 is 0.861 bits per heavy atom. The van der Waals surface area contributed by atoms with Crippen molar-refractivity contribution < 1.29 is 5.11 Å². The van der Waals surface area contributed by atoms with Gasteiger partial charge in [-0.25, -0.2) is 9.98 Å². The molecule has 7 heteroatoms. The molecular weight excluding hydrogens is 450 g/mol. The van der Waals surface area contributed by atoms with E-state index >= 15 is 0 Å². The number of H-pyrrole nitrogens is 1. The Morgan fingerprint density at radius 2 is 1.58 bits per heavy atom. The van der Waals surface area contributed by atoms with E-state index in [4.69, 9.17) is 4.99 Å². The third kappa shape index (κ3) is 3.91. The van der Waals surface area contributed by atoms with Crippen molar-refractivity contribution in [2.75, 3.05) is 4.90 Å². The molecular formula is C29H37N5O2. The number of para-hydroxylation sites is 2. The summed E-state index contributed by atoms with van der Waals surface area (Å²) in [6, 6.07) is 10.3. The number of aliphatic hydroxyl groups is 1. The number of aromatic nitrogens is 2. The number of fused-ring (bicyclic) bond motifs is 5. The summed E-state index contributed by atoms with van der Waals surface area (Å²) in [5.41, 5.74) is 2.64. The van der Waals surface area contributed by atoms with Gasteiger partial charge in [0, 0.05) is 30.4 Å². The minimum absolute atomic E-state index is 0.254. The first-order chi connectivity index (χ1) is 17.6. The van der Waals surface area contributed by atoms with Gasteiger partial charge in [-0.1, -0.05) is 37.8 Å². The van der Waals surface area contributed by atoms with Crippen LogP contribution in [0.15, 0.2) is 46.4 Å². The quantitative estimate of drug-likeness (QED) is 0.671. The predicted molar refractivity (Wildman–Crippen MR) is 141 cm³/mol. The fraction of sp³-hybridized carbons (Fsp3) is 0.621. The fourth-order valence-electron chi connectivity index (χ4n) is 8.45. The zero-order valence-electron chi connectivity index (χ0n) is 20.9. The Labute approximate surface area is 212 Å². The number of nitrogens with one attached hydrogen (secondary N) is 1. The number of aliphatic hydroxyl groups excluding tert-OH is 1. The van der Waals surface area contributed by atoms with Crippen LogP contribution >= 0.6 is 0 Å². The summed E-state index contributed by atoms with van der Waals surface area (Å²) >= 11 is 0. The van der Waals surface area contributed by atoms with Crippen molar-refractivity contribution in [3.8, 4) is 0 Å². The van der Waals surface area contributed by atoms with Crippen LogP contribution in [0.25, 0.3) is 0 Å². The topological polar surface area (TPSA) is 84.8 Å². The van der Waals surface area contributed by atoms with Crippen LogP contribution in [0.2, 0.25) is 0 Å². The summed E-state index contributed by atoms with van der Waals surface area (Å²) in [4.78, 5) is 28.6. The average molecular weight is 488 g/mol. The Morgan fingerprint density at radius 3 is 2.31 bits per heavy atom. The van der Waals surface area contributed by atoms with Gasteiger partial charge in [-0.15, -0.1) is 0 Å². The molecule has 0 spiro atoms. The third-order valence-electron chi connectivity index (χ3n) is 9.77. The largest absolute Gasteiger partial charge is 0.368 e. The Balaban J connectivity index is 1.19. The number of hydrogen-bond donors (Lipinski definition) is 2. The third-order valence-corrected chi connectivity index (χ3v) is 9.77. The number of anilines is 1. The van der Waals surface area contributed by atoms with Gasteiger partial charge in [0.15, 0.2) is 6.23 Å². The molecule has 1 aromatic heterocycles. The van der Waals surface area contributed by atoms with Crippen molar-refractivity contribution in [1.29, 1.82) is 0 Å². The molecule has 2 saturated heterocycles. The van der Waals surface area contributed by atoms with Gasteiger partial charge in [-0.2, -0.15) is 0 Å². The molecule has 7 rings (SSSR count). The summed E-state index contributed by atoms with van der Waals surface area (Å²) in [5.74, 6) is 1.89. The van der Waals surface area contributed by atoms with Gasteiger partial charge in [-0.05, 0) is 68.9 Å². The van der Waals surface area contributed by atoms with Gasteiger partial charge >= 0.3 is 0 Å². The highest BCUT2D eigenvalue weighted by molar-refractivity contribution is 6.07. The van der Waals surface area contributed by atoms with Crippen molar-refractivity contribution in [3.63, 3.8) is 0 Å². The molecule has 3 aliphatic heterocycles. The predicted octanol–water partition coefficient (Wildman–Crippen LogP) is 4.38. The minimum atomic E-state index is -0.885. The average Bonchev–Trinajstić information content (AvgIpc) is 2.88. The molecule has 4 fully saturated rings. The summed E-state index contributed by atoms with van der Waals surface area (Å²) < 4.78 is 0. The fourth-order valence-corrected chi connectivity index (χ4v) is 8.45. The first-order valence-electron chi connectivity index (χ1n) is 14.1. The number of piperidine rings is 2. The summed E-state index contributed by atoms with van der Waals surface area (Å²) in [6.07, 6.45) is 16.6. The van der Waals surface area contributed by atoms with E-state index in [1.165, 1.54) is 64.0 Å². The van der Waals surface area contributed by atoms with E-state index in [0.29, 0.717) is 23.5 Å². The normalized spacial score (nSPS) is 36.2. The van der Waals surface area contributed by atoms with Crippen LogP contribution in [0.3, 0.4) is 0 Å². The molecule has 7 atom stereocenters. The zero-order chi connectivity index (χ0) is 24.2. The van der Waals surface area contributed by atoms with E-state index < -0.39 is 6.23 Å². The molecule has 4 heterocycles. The highest BCUT2D eigenvalue weighted by Gasteiger charge is 2.47. The lowest BCUT2D eigenvalue weighted by Crippen LogP contribution is -2.63. The molecule has 0 radical (unpaired) electrons. The van der Waals surface area contributed by atoms with Gasteiger partial charge in [0.25, 0.3) is 5.56 Å². The van der Waals surface area contributed by atoms with Gasteiger partial charge in [0.2, 0.25) is 0 Å². The molecule has 2 N–H and O–H groups in total. The SMILES string of the molecule is O=c1cnc(C2=Nc3ccccc3N([C@H]3C[C@H]4CCC[C@@H](C3)N4[C@H]3C[C@@H]4CCC[C@@H](C4)C3)C2O)c[nH]1. The van der Waals surface area contributed by atoms with Crippen molar-refractivity contribution in [1.82, 2.24) is 14.9 Å². The van der Waals surface area contributed by atoms with Crippen molar-refractivity contribution in [3.05, 3.63) is 52.7 Å². The van der Waals surface area contributed by atoms with Crippen LogP contribution in [-0.2, 0) is 0 Å². The van der Waals surface area contributed by atoms with Crippen LogP contribution < -0.4 is 10.5 Å². The maximum Gasteiger partial charge on any atom is 0.266 e. The molecule has 1 aromatic carbocycles. The molecule has 4 bridgehead atoms. The van der Waals surface area contributed by atoms with Gasteiger partial charge in [0.1, 0.15) is 11.4 Å². The first kappa shape index (κ1) is 22.7. The number of aliphatic imine (C=N–C) groups is 1. The lowest BCUT2D eigenvalue weighted by Gasteiger charge is -2.57. The standard InChI is InChI=1S/C29H37N5O2/c35-27-17-30-25(16-31-27)28-29(36)34(26-10-2-1-9-24(26)32-28)23-14-20-7-4-8-21(15-23)33(20)22-12-18-5-3-6-19(11-18)13-22/h1-2,9-10,16-23,29,36H,3-8,11-15H2,(H,31,35)/t18-,19+,20-,21+,22+,23+,29?. The van der Waals surface area contributed by atoms with E-state index in [0.717, 1.165) is 42.1 Å². The Hall–Kier alpha value is -2.51. The second kappa shape index (κ2) is 9.10. The number of rotatable bonds is 3. The van der Waals surface area contributed by atoms with Crippen molar-refractivity contribution in [2.45, 2.75) is 101 Å². The molecule has 7 nitrogen and oxygen atoms in total. The van der Waals surface area contributed by atoms with Crippen LogP contribution in [0.5, 0.6) is 0 Å². The van der Waals surface area contributed by atoms with Crippen LogP contribution in [0.4, 0.5) is 11.4 Å².